The molecular weight excluding hydrogens is 250 g/mol. The van der Waals surface area contributed by atoms with Gasteiger partial charge in [0.1, 0.15) is 0 Å². The molecule has 5 nitrogen and oxygen atoms in total. The highest BCUT2D eigenvalue weighted by Gasteiger charge is 2.19. The Morgan fingerprint density at radius 1 is 1.35 bits per heavy atom. The fraction of sp³-hybridized carbons (Fsp3) is 0.467. The maximum Gasteiger partial charge on any atom is 0.245 e. The van der Waals surface area contributed by atoms with Crippen LogP contribution in [0.5, 0.6) is 0 Å². The Morgan fingerprint density at radius 2 is 2.20 bits per heavy atom. The smallest absolute Gasteiger partial charge is 0.245 e. The van der Waals surface area contributed by atoms with E-state index in [4.69, 9.17) is 0 Å². The summed E-state index contributed by atoms with van der Waals surface area (Å²) in [7, 11) is 0. The van der Waals surface area contributed by atoms with Gasteiger partial charge in [0, 0.05) is 31.2 Å². The lowest BCUT2D eigenvalue weighted by atomic mass is 10.1. The van der Waals surface area contributed by atoms with Crippen LogP contribution in [0.4, 0.5) is 5.95 Å². The van der Waals surface area contributed by atoms with Gasteiger partial charge in [-0.15, -0.1) is 5.10 Å². The number of aromatic amines is 1. The van der Waals surface area contributed by atoms with Gasteiger partial charge < -0.3 is 10.2 Å². The summed E-state index contributed by atoms with van der Waals surface area (Å²) >= 11 is 0. The highest BCUT2D eigenvalue weighted by Crippen LogP contribution is 2.22. The van der Waals surface area contributed by atoms with Gasteiger partial charge >= 0.3 is 0 Å². The van der Waals surface area contributed by atoms with Crippen molar-refractivity contribution in [2.75, 3.05) is 24.5 Å². The highest BCUT2D eigenvalue weighted by atomic mass is 15.4. The third-order valence-corrected chi connectivity index (χ3v) is 3.78. The van der Waals surface area contributed by atoms with E-state index in [1.807, 2.05) is 6.07 Å². The van der Waals surface area contributed by atoms with E-state index >= 15 is 0 Å². The van der Waals surface area contributed by atoms with Crippen molar-refractivity contribution in [1.29, 1.82) is 0 Å². The Labute approximate surface area is 119 Å². The van der Waals surface area contributed by atoms with E-state index in [1.54, 1.807) is 0 Å². The Hall–Kier alpha value is -1.88. The minimum absolute atomic E-state index is 0.480. The molecule has 0 bridgehead atoms. The molecule has 1 aromatic carbocycles. The molecule has 20 heavy (non-hydrogen) atoms. The van der Waals surface area contributed by atoms with E-state index < -0.39 is 0 Å². The van der Waals surface area contributed by atoms with Crippen molar-refractivity contribution >= 4 is 5.95 Å². The minimum atomic E-state index is 0.480. The molecule has 2 heterocycles. The molecule has 1 atom stereocenters. The topological polar surface area (TPSA) is 56.8 Å². The van der Waals surface area contributed by atoms with Crippen molar-refractivity contribution in [2.24, 2.45) is 0 Å². The molecule has 0 spiro atoms. The largest absolute Gasteiger partial charge is 0.337 e. The van der Waals surface area contributed by atoms with Crippen LogP contribution in [0.3, 0.4) is 0 Å². The summed E-state index contributed by atoms with van der Waals surface area (Å²) in [6, 6.07) is 8.84. The molecule has 1 fully saturated rings. The predicted molar refractivity (Wildman–Crippen MR) is 80.9 cm³/mol. The first kappa shape index (κ1) is 13.1. The van der Waals surface area contributed by atoms with Gasteiger partial charge in [-0.1, -0.05) is 31.2 Å². The zero-order valence-corrected chi connectivity index (χ0v) is 12.1. The Morgan fingerprint density at radius 3 is 3.00 bits per heavy atom. The van der Waals surface area contributed by atoms with Gasteiger partial charge in [0.05, 0.1) is 0 Å². The molecule has 3 rings (SSSR count). The van der Waals surface area contributed by atoms with Crippen LogP contribution in [-0.2, 0) is 6.42 Å². The average molecular weight is 271 g/mol. The number of hydrogen-bond donors (Lipinski definition) is 2. The lowest BCUT2D eigenvalue weighted by Crippen LogP contribution is -2.49. The third kappa shape index (κ3) is 2.54. The molecule has 0 radical (unpaired) electrons. The first-order valence-electron chi connectivity index (χ1n) is 7.27. The molecule has 0 aliphatic carbocycles. The number of aryl methyl sites for hydroxylation is 1. The van der Waals surface area contributed by atoms with Gasteiger partial charge in [-0.3, -0.25) is 5.10 Å². The second kappa shape index (κ2) is 5.63. The zero-order valence-electron chi connectivity index (χ0n) is 12.1. The first-order valence-corrected chi connectivity index (χ1v) is 7.27. The van der Waals surface area contributed by atoms with Crippen LogP contribution in [0.1, 0.15) is 19.4 Å². The van der Waals surface area contributed by atoms with E-state index in [0.29, 0.717) is 6.04 Å². The molecule has 1 aliphatic rings. The molecule has 1 aliphatic heterocycles. The van der Waals surface area contributed by atoms with Gasteiger partial charge in [0.15, 0.2) is 5.82 Å². The molecule has 2 aromatic rings. The van der Waals surface area contributed by atoms with E-state index in [1.165, 1.54) is 5.56 Å². The van der Waals surface area contributed by atoms with Crippen molar-refractivity contribution in [3.8, 4) is 11.4 Å². The van der Waals surface area contributed by atoms with Crippen molar-refractivity contribution in [3.05, 3.63) is 29.8 Å². The van der Waals surface area contributed by atoms with E-state index in [-0.39, 0.29) is 0 Å². The standard InChI is InChI=1S/C15H21N5/c1-3-12-6-4-5-7-13(12)14-17-15(19-18-14)20-9-8-16-11(2)10-20/h4-7,11,16H,3,8-10H2,1-2H3,(H,17,18,19). The maximum atomic E-state index is 4.68. The van der Waals surface area contributed by atoms with Crippen LogP contribution in [0.2, 0.25) is 0 Å². The average Bonchev–Trinajstić information content (AvgIpc) is 2.97. The van der Waals surface area contributed by atoms with Crippen LogP contribution in [-0.4, -0.2) is 40.9 Å². The normalized spacial score (nSPS) is 19.3. The maximum absolute atomic E-state index is 4.68. The van der Waals surface area contributed by atoms with Crippen LogP contribution < -0.4 is 10.2 Å². The number of nitrogens with zero attached hydrogens (tertiary/aromatic N) is 3. The summed E-state index contributed by atoms with van der Waals surface area (Å²) in [5.74, 6) is 1.67. The summed E-state index contributed by atoms with van der Waals surface area (Å²) in [5.41, 5.74) is 2.45. The number of anilines is 1. The highest BCUT2D eigenvalue weighted by molar-refractivity contribution is 5.61. The second-order valence-corrected chi connectivity index (χ2v) is 5.30. The summed E-state index contributed by atoms with van der Waals surface area (Å²) in [5, 5.41) is 10.9. The van der Waals surface area contributed by atoms with Crippen LogP contribution in [0.15, 0.2) is 24.3 Å². The molecule has 0 amide bonds. The fourth-order valence-corrected chi connectivity index (χ4v) is 2.69. The summed E-state index contributed by atoms with van der Waals surface area (Å²) < 4.78 is 0. The molecule has 1 aromatic heterocycles. The minimum Gasteiger partial charge on any atom is -0.337 e. The number of piperazine rings is 1. The third-order valence-electron chi connectivity index (χ3n) is 3.78. The van der Waals surface area contributed by atoms with Gasteiger partial charge in [-0.05, 0) is 18.9 Å². The monoisotopic (exact) mass is 271 g/mol. The Kier molecular flexibility index (Phi) is 3.69. The van der Waals surface area contributed by atoms with Crippen molar-refractivity contribution in [3.63, 3.8) is 0 Å². The van der Waals surface area contributed by atoms with Crippen molar-refractivity contribution < 1.29 is 0 Å². The van der Waals surface area contributed by atoms with Gasteiger partial charge in [-0.2, -0.15) is 4.98 Å². The Bertz CT molecular complexity index is 577. The number of rotatable bonds is 3. The number of hydrogen-bond acceptors (Lipinski definition) is 4. The lowest BCUT2D eigenvalue weighted by molar-refractivity contribution is 0.480. The molecular formula is C15H21N5. The van der Waals surface area contributed by atoms with Crippen LogP contribution in [0, 0.1) is 0 Å². The summed E-state index contributed by atoms with van der Waals surface area (Å²) in [6.07, 6.45) is 0.997. The quantitative estimate of drug-likeness (QED) is 0.894. The molecule has 1 saturated heterocycles. The van der Waals surface area contributed by atoms with E-state index in [0.717, 1.165) is 43.4 Å². The summed E-state index contributed by atoms with van der Waals surface area (Å²) in [4.78, 5) is 6.91. The lowest BCUT2D eigenvalue weighted by Gasteiger charge is -2.30. The van der Waals surface area contributed by atoms with Crippen molar-refractivity contribution in [2.45, 2.75) is 26.3 Å². The number of aromatic nitrogens is 3. The van der Waals surface area contributed by atoms with Crippen molar-refractivity contribution in [1.82, 2.24) is 20.5 Å². The number of nitrogens with one attached hydrogen (secondary N) is 2. The molecule has 5 heteroatoms. The molecule has 0 saturated carbocycles. The fourth-order valence-electron chi connectivity index (χ4n) is 2.69. The van der Waals surface area contributed by atoms with Crippen LogP contribution >= 0.6 is 0 Å². The first-order chi connectivity index (χ1) is 9.78. The Balaban J connectivity index is 1.86. The van der Waals surface area contributed by atoms with E-state index in [2.05, 4.69) is 57.4 Å². The van der Waals surface area contributed by atoms with Gasteiger partial charge in [-0.25, -0.2) is 0 Å². The number of benzene rings is 1. The molecule has 106 valence electrons. The summed E-state index contributed by atoms with van der Waals surface area (Å²) in [6.45, 7) is 7.24. The van der Waals surface area contributed by atoms with Gasteiger partial charge in [0.25, 0.3) is 0 Å². The van der Waals surface area contributed by atoms with Gasteiger partial charge in [0.2, 0.25) is 5.95 Å². The predicted octanol–water partition coefficient (Wildman–Crippen LogP) is 1.83. The van der Waals surface area contributed by atoms with Crippen LogP contribution in [0.25, 0.3) is 11.4 Å². The molecule has 1 unspecified atom stereocenters. The number of H-pyrrole nitrogens is 1. The molecule has 2 N–H and O–H groups in total. The zero-order chi connectivity index (χ0) is 13.9. The SMILES string of the molecule is CCc1ccccc1-c1nc(N2CCNC(C)C2)n[nH]1. The van der Waals surface area contributed by atoms with E-state index in [9.17, 15) is 0 Å². The second-order valence-electron chi connectivity index (χ2n) is 5.30.